The van der Waals surface area contributed by atoms with E-state index in [9.17, 15) is 19.5 Å². The zero-order valence-electron chi connectivity index (χ0n) is 18.4. The standard InChI is InChI=1S/C24H28N2O6/c1-24(2,3)32-22(29)25-13-12-20(21(27)28)26-23(30)31-14-19-17-10-6-4-8-15(17)16-9-5-7-11-18(16)19/h4-11,19-20H,12-14H2,1-3H3,(H,25,29)(H,26,30)(H,27,28). The molecule has 32 heavy (non-hydrogen) atoms. The third-order valence-electron chi connectivity index (χ3n) is 5.04. The number of amides is 2. The van der Waals surface area contributed by atoms with Gasteiger partial charge in [0, 0.05) is 12.5 Å². The van der Waals surface area contributed by atoms with Crippen LogP contribution in [0.5, 0.6) is 0 Å². The largest absolute Gasteiger partial charge is 0.480 e. The summed E-state index contributed by atoms with van der Waals surface area (Å²) >= 11 is 0. The number of rotatable bonds is 7. The second-order valence-electron chi connectivity index (χ2n) is 8.58. The highest BCUT2D eigenvalue weighted by molar-refractivity contribution is 5.81. The third-order valence-corrected chi connectivity index (χ3v) is 5.04. The molecule has 0 spiro atoms. The molecule has 0 heterocycles. The molecule has 0 saturated carbocycles. The Hall–Kier alpha value is -3.55. The van der Waals surface area contributed by atoms with Gasteiger partial charge in [0.2, 0.25) is 0 Å². The van der Waals surface area contributed by atoms with E-state index in [4.69, 9.17) is 9.47 Å². The summed E-state index contributed by atoms with van der Waals surface area (Å²) in [5, 5.41) is 14.2. The number of carboxylic acid groups (broad SMARTS) is 1. The summed E-state index contributed by atoms with van der Waals surface area (Å²) in [6, 6.07) is 14.7. The number of carbonyl (C=O) groups excluding carboxylic acids is 2. The molecule has 0 bridgehead atoms. The average molecular weight is 440 g/mol. The van der Waals surface area contributed by atoms with E-state index >= 15 is 0 Å². The van der Waals surface area contributed by atoms with Crippen molar-refractivity contribution in [2.24, 2.45) is 0 Å². The minimum Gasteiger partial charge on any atom is -0.480 e. The SMILES string of the molecule is CC(C)(C)OC(=O)NCCC(NC(=O)OCC1c2ccccc2-c2ccccc21)C(=O)O. The van der Waals surface area contributed by atoms with Crippen LogP contribution in [0, 0.1) is 0 Å². The van der Waals surface area contributed by atoms with Crippen molar-refractivity contribution < 1.29 is 29.0 Å². The molecule has 2 amide bonds. The van der Waals surface area contributed by atoms with E-state index in [0.29, 0.717) is 0 Å². The molecule has 8 heteroatoms. The summed E-state index contributed by atoms with van der Waals surface area (Å²) < 4.78 is 10.5. The van der Waals surface area contributed by atoms with Crippen LogP contribution in [0.4, 0.5) is 9.59 Å². The molecule has 3 N–H and O–H groups in total. The molecule has 0 aromatic heterocycles. The number of nitrogens with one attached hydrogen (secondary N) is 2. The number of aliphatic carboxylic acids is 1. The van der Waals surface area contributed by atoms with Crippen molar-refractivity contribution in [2.75, 3.05) is 13.2 Å². The van der Waals surface area contributed by atoms with Crippen LogP contribution in [0.15, 0.2) is 48.5 Å². The Bertz CT molecular complexity index is 952. The lowest BCUT2D eigenvalue weighted by Gasteiger charge is -2.20. The van der Waals surface area contributed by atoms with Gasteiger partial charge in [-0.25, -0.2) is 14.4 Å². The molecule has 2 aromatic rings. The van der Waals surface area contributed by atoms with E-state index in [-0.39, 0.29) is 25.5 Å². The van der Waals surface area contributed by atoms with Crippen LogP contribution in [0.3, 0.4) is 0 Å². The minimum absolute atomic E-state index is 0.0151. The first-order chi connectivity index (χ1) is 15.2. The number of benzene rings is 2. The molecule has 170 valence electrons. The fraction of sp³-hybridized carbons (Fsp3) is 0.375. The Balaban J connectivity index is 1.54. The van der Waals surface area contributed by atoms with Crippen LogP contribution < -0.4 is 10.6 Å². The van der Waals surface area contributed by atoms with Gasteiger partial charge < -0.3 is 25.2 Å². The fourth-order valence-electron chi connectivity index (χ4n) is 3.67. The maximum Gasteiger partial charge on any atom is 0.407 e. The number of carboxylic acids is 1. The third kappa shape index (κ3) is 5.78. The van der Waals surface area contributed by atoms with Crippen molar-refractivity contribution in [3.63, 3.8) is 0 Å². The molecule has 1 unspecified atom stereocenters. The second kappa shape index (κ2) is 9.72. The van der Waals surface area contributed by atoms with E-state index in [2.05, 4.69) is 10.6 Å². The first kappa shape index (κ1) is 23.1. The zero-order chi connectivity index (χ0) is 23.3. The number of hydrogen-bond donors (Lipinski definition) is 3. The van der Waals surface area contributed by atoms with Crippen molar-refractivity contribution in [3.05, 3.63) is 59.7 Å². The molecular formula is C24H28N2O6. The second-order valence-corrected chi connectivity index (χ2v) is 8.58. The maximum absolute atomic E-state index is 12.3. The Labute approximate surface area is 186 Å². The van der Waals surface area contributed by atoms with Gasteiger partial charge in [0.15, 0.2) is 0 Å². The van der Waals surface area contributed by atoms with Crippen molar-refractivity contribution in [2.45, 2.75) is 44.8 Å². The lowest BCUT2D eigenvalue weighted by molar-refractivity contribution is -0.139. The van der Waals surface area contributed by atoms with E-state index in [1.807, 2.05) is 48.5 Å². The van der Waals surface area contributed by atoms with Gasteiger partial charge in [0.1, 0.15) is 18.2 Å². The Kier molecular flexibility index (Phi) is 7.02. The monoisotopic (exact) mass is 440 g/mol. The summed E-state index contributed by atoms with van der Waals surface area (Å²) in [5.41, 5.74) is 3.69. The Morgan fingerprint density at radius 2 is 1.53 bits per heavy atom. The van der Waals surface area contributed by atoms with Gasteiger partial charge in [-0.15, -0.1) is 0 Å². The molecule has 0 fully saturated rings. The first-order valence-corrected chi connectivity index (χ1v) is 10.5. The summed E-state index contributed by atoms with van der Waals surface area (Å²) in [6.45, 7) is 5.29. The molecule has 1 atom stereocenters. The van der Waals surface area contributed by atoms with Crippen molar-refractivity contribution in [1.29, 1.82) is 0 Å². The van der Waals surface area contributed by atoms with E-state index in [0.717, 1.165) is 22.3 Å². The molecule has 1 aliphatic carbocycles. The molecule has 2 aromatic carbocycles. The predicted octanol–water partition coefficient (Wildman–Crippen LogP) is 3.89. The lowest BCUT2D eigenvalue weighted by atomic mass is 9.98. The van der Waals surface area contributed by atoms with Gasteiger partial charge >= 0.3 is 18.2 Å². The van der Waals surface area contributed by atoms with Crippen molar-refractivity contribution in [3.8, 4) is 11.1 Å². The molecule has 0 saturated heterocycles. The van der Waals surface area contributed by atoms with Crippen LogP contribution in [0.2, 0.25) is 0 Å². The van der Waals surface area contributed by atoms with E-state index < -0.39 is 29.8 Å². The summed E-state index contributed by atoms with van der Waals surface area (Å²) in [4.78, 5) is 35.5. The number of ether oxygens (including phenoxy) is 2. The first-order valence-electron chi connectivity index (χ1n) is 10.5. The molecule has 1 aliphatic rings. The molecular weight excluding hydrogens is 412 g/mol. The molecule has 3 rings (SSSR count). The van der Waals surface area contributed by atoms with Gasteiger partial charge in [-0.3, -0.25) is 0 Å². The summed E-state index contributed by atoms with van der Waals surface area (Å²) in [6.07, 6.45) is -1.49. The summed E-state index contributed by atoms with van der Waals surface area (Å²) in [5.74, 6) is -1.34. The maximum atomic E-state index is 12.3. The van der Waals surface area contributed by atoms with Crippen LogP contribution in [-0.2, 0) is 14.3 Å². The highest BCUT2D eigenvalue weighted by Gasteiger charge is 2.29. The molecule has 0 radical (unpaired) electrons. The number of carbonyl (C=O) groups is 3. The smallest absolute Gasteiger partial charge is 0.407 e. The quantitative estimate of drug-likeness (QED) is 0.602. The van der Waals surface area contributed by atoms with Crippen LogP contribution >= 0.6 is 0 Å². The van der Waals surface area contributed by atoms with Crippen LogP contribution in [0.25, 0.3) is 11.1 Å². The summed E-state index contributed by atoms with van der Waals surface area (Å²) in [7, 11) is 0. The number of fused-ring (bicyclic) bond motifs is 3. The zero-order valence-corrected chi connectivity index (χ0v) is 18.4. The highest BCUT2D eigenvalue weighted by Crippen LogP contribution is 2.44. The van der Waals surface area contributed by atoms with Crippen LogP contribution in [-0.4, -0.2) is 48.1 Å². The van der Waals surface area contributed by atoms with Gasteiger partial charge in [0.25, 0.3) is 0 Å². The topological polar surface area (TPSA) is 114 Å². The van der Waals surface area contributed by atoms with Gasteiger partial charge in [0.05, 0.1) is 0 Å². The normalized spacial score (nSPS) is 13.5. The number of hydrogen-bond acceptors (Lipinski definition) is 5. The molecule has 8 nitrogen and oxygen atoms in total. The Morgan fingerprint density at radius 3 is 2.06 bits per heavy atom. The fourth-order valence-corrected chi connectivity index (χ4v) is 3.67. The highest BCUT2D eigenvalue weighted by atomic mass is 16.6. The lowest BCUT2D eigenvalue weighted by Crippen LogP contribution is -2.44. The van der Waals surface area contributed by atoms with Gasteiger partial charge in [-0.2, -0.15) is 0 Å². The van der Waals surface area contributed by atoms with Gasteiger partial charge in [-0.05, 0) is 49.4 Å². The average Bonchev–Trinajstić information content (AvgIpc) is 3.04. The van der Waals surface area contributed by atoms with E-state index in [1.54, 1.807) is 20.8 Å². The van der Waals surface area contributed by atoms with E-state index in [1.165, 1.54) is 0 Å². The van der Waals surface area contributed by atoms with Crippen LogP contribution in [0.1, 0.15) is 44.2 Å². The number of alkyl carbamates (subject to hydrolysis) is 2. The Morgan fingerprint density at radius 1 is 0.969 bits per heavy atom. The van der Waals surface area contributed by atoms with Gasteiger partial charge in [-0.1, -0.05) is 48.5 Å². The molecule has 0 aliphatic heterocycles. The minimum atomic E-state index is -1.22. The predicted molar refractivity (Wildman–Crippen MR) is 118 cm³/mol. The van der Waals surface area contributed by atoms with Crippen molar-refractivity contribution in [1.82, 2.24) is 10.6 Å². The van der Waals surface area contributed by atoms with Crippen molar-refractivity contribution >= 4 is 18.2 Å².